The molecule has 2 aromatic carbocycles. The van der Waals surface area contributed by atoms with Gasteiger partial charge in [0, 0.05) is 12.5 Å². The second kappa shape index (κ2) is 9.78. The van der Waals surface area contributed by atoms with Gasteiger partial charge in [0.05, 0.1) is 0 Å². The van der Waals surface area contributed by atoms with Crippen molar-refractivity contribution in [1.82, 2.24) is 5.32 Å². The highest BCUT2D eigenvalue weighted by Gasteiger charge is 2.25. The maximum Gasteiger partial charge on any atom is 0.369 e. The van der Waals surface area contributed by atoms with Crippen molar-refractivity contribution < 1.29 is 23.9 Å². The minimum atomic E-state index is -1.51. The first kappa shape index (κ1) is 18.9. The summed E-state index contributed by atoms with van der Waals surface area (Å²) in [5, 5.41) is 2.34. The van der Waals surface area contributed by atoms with Crippen LogP contribution in [0.4, 0.5) is 0 Å². The molecule has 0 aliphatic heterocycles. The third kappa shape index (κ3) is 6.24. The van der Waals surface area contributed by atoms with Crippen LogP contribution < -0.4 is 5.32 Å². The first-order chi connectivity index (χ1) is 12.6. The molecule has 0 saturated heterocycles. The zero-order chi connectivity index (χ0) is 18.8. The van der Waals surface area contributed by atoms with Crippen molar-refractivity contribution in [1.29, 1.82) is 0 Å². The van der Waals surface area contributed by atoms with Crippen LogP contribution in [0.15, 0.2) is 66.7 Å². The Labute approximate surface area is 151 Å². The Kier molecular flexibility index (Phi) is 7.12. The Morgan fingerprint density at radius 3 is 2.23 bits per heavy atom. The molecule has 1 unspecified atom stereocenters. The summed E-state index contributed by atoms with van der Waals surface area (Å²) in [6.45, 7) is 1.12. The summed E-state index contributed by atoms with van der Waals surface area (Å²) in [6.07, 6.45) is 1.93. The van der Waals surface area contributed by atoms with Crippen LogP contribution in [0.2, 0.25) is 0 Å². The van der Waals surface area contributed by atoms with Crippen LogP contribution in [-0.2, 0) is 19.1 Å². The number of ether oxygens (including phenoxy) is 2. The Hall–Kier alpha value is -3.41. The fraction of sp³-hybridized carbons (Fsp3) is 0.150. The van der Waals surface area contributed by atoms with Gasteiger partial charge >= 0.3 is 11.9 Å². The van der Waals surface area contributed by atoms with Gasteiger partial charge in [0.1, 0.15) is 6.61 Å². The van der Waals surface area contributed by atoms with Crippen molar-refractivity contribution in [2.45, 2.75) is 13.2 Å². The van der Waals surface area contributed by atoms with Crippen molar-refractivity contribution in [2.24, 2.45) is 0 Å². The summed E-state index contributed by atoms with van der Waals surface area (Å²) in [6, 6.07) is 17.8. The van der Waals surface area contributed by atoms with Crippen LogP contribution in [0.5, 0.6) is 0 Å². The first-order valence-electron chi connectivity index (χ1n) is 7.97. The molecule has 0 aliphatic rings. The highest BCUT2D eigenvalue weighted by Crippen LogP contribution is 2.03. The average Bonchev–Trinajstić information content (AvgIpc) is 2.65. The Balaban J connectivity index is 1.92. The van der Waals surface area contributed by atoms with Gasteiger partial charge in [0.15, 0.2) is 0 Å². The van der Waals surface area contributed by atoms with Crippen LogP contribution >= 0.6 is 0 Å². The molecular formula is C20H19NO5. The Morgan fingerprint density at radius 2 is 1.62 bits per heavy atom. The van der Waals surface area contributed by atoms with E-state index in [4.69, 9.17) is 9.47 Å². The third-order valence-corrected chi connectivity index (χ3v) is 3.23. The number of benzene rings is 2. The molecule has 0 saturated carbocycles. The maximum atomic E-state index is 12.1. The SMILES string of the molecule is CC(=O)OC(NC(=O)c1ccccc1)C(=O)OC/C=C\c1ccccc1. The standard InChI is InChI=1S/C20H19NO5/c1-15(22)26-19(21-18(23)17-12-6-3-7-13-17)20(24)25-14-8-11-16-9-4-2-5-10-16/h2-13,19H,14H2,1H3,(H,21,23)/b11-8-. The number of nitrogens with one attached hydrogen (secondary N) is 1. The molecule has 6 heteroatoms. The summed E-state index contributed by atoms with van der Waals surface area (Å²) in [7, 11) is 0. The molecule has 0 fully saturated rings. The monoisotopic (exact) mass is 353 g/mol. The summed E-state index contributed by atoms with van der Waals surface area (Å²) < 4.78 is 9.90. The van der Waals surface area contributed by atoms with Gasteiger partial charge in [0.2, 0.25) is 0 Å². The van der Waals surface area contributed by atoms with E-state index in [1.54, 1.807) is 42.5 Å². The van der Waals surface area contributed by atoms with E-state index in [1.807, 2.05) is 30.3 Å². The molecule has 0 spiro atoms. The van der Waals surface area contributed by atoms with Crippen molar-refractivity contribution in [3.8, 4) is 0 Å². The largest absolute Gasteiger partial charge is 0.457 e. The van der Waals surface area contributed by atoms with Crippen molar-refractivity contribution in [3.05, 3.63) is 77.9 Å². The highest BCUT2D eigenvalue weighted by atomic mass is 16.6. The van der Waals surface area contributed by atoms with E-state index in [-0.39, 0.29) is 6.61 Å². The fourth-order valence-corrected chi connectivity index (χ4v) is 2.05. The van der Waals surface area contributed by atoms with Gasteiger partial charge in [-0.2, -0.15) is 0 Å². The zero-order valence-electron chi connectivity index (χ0n) is 14.3. The van der Waals surface area contributed by atoms with Crippen molar-refractivity contribution in [3.63, 3.8) is 0 Å². The lowest BCUT2D eigenvalue weighted by Gasteiger charge is -2.16. The van der Waals surface area contributed by atoms with E-state index in [1.165, 1.54) is 0 Å². The number of esters is 2. The van der Waals surface area contributed by atoms with Gasteiger partial charge in [0.25, 0.3) is 12.1 Å². The molecule has 0 radical (unpaired) electrons. The maximum absolute atomic E-state index is 12.1. The van der Waals surface area contributed by atoms with Gasteiger partial charge in [-0.15, -0.1) is 0 Å². The number of hydrogen-bond donors (Lipinski definition) is 1. The van der Waals surface area contributed by atoms with Crippen LogP contribution in [0.25, 0.3) is 6.08 Å². The Bertz CT molecular complexity index is 771. The van der Waals surface area contributed by atoms with E-state index in [0.717, 1.165) is 12.5 Å². The number of amides is 1. The second-order valence-electron chi connectivity index (χ2n) is 5.27. The van der Waals surface area contributed by atoms with Crippen LogP contribution in [0.3, 0.4) is 0 Å². The third-order valence-electron chi connectivity index (χ3n) is 3.23. The predicted molar refractivity (Wildman–Crippen MR) is 95.9 cm³/mol. The molecule has 1 N–H and O–H groups in total. The van der Waals surface area contributed by atoms with Crippen LogP contribution in [0.1, 0.15) is 22.8 Å². The summed E-state index contributed by atoms with van der Waals surface area (Å²) in [4.78, 5) is 35.4. The van der Waals surface area contributed by atoms with E-state index in [0.29, 0.717) is 5.56 Å². The topological polar surface area (TPSA) is 81.7 Å². The molecule has 0 bridgehead atoms. The molecule has 1 atom stereocenters. The number of carbonyl (C=O) groups is 3. The minimum absolute atomic E-state index is 0.0211. The first-order valence-corrected chi connectivity index (χ1v) is 7.97. The zero-order valence-corrected chi connectivity index (χ0v) is 14.3. The summed E-state index contributed by atoms with van der Waals surface area (Å²) >= 11 is 0. The van der Waals surface area contributed by atoms with Crippen LogP contribution in [-0.4, -0.2) is 30.7 Å². The highest BCUT2D eigenvalue weighted by molar-refractivity contribution is 5.96. The van der Waals surface area contributed by atoms with Crippen molar-refractivity contribution in [2.75, 3.05) is 6.61 Å². The molecule has 0 heterocycles. The summed E-state index contributed by atoms with van der Waals surface area (Å²) in [5.74, 6) is -2.11. The van der Waals surface area contributed by atoms with E-state index < -0.39 is 24.1 Å². The van der Waals surface area contributed by atoms with Gasteiger partial charge in [-0.1, -0.05) is 54.6 Å². The molecule has 2 aromatic rings. The van der Waals surface area contributed by atoms with Crippen LogP contribution in [0, 0.1) is 0 Å². The fourth-order valence-electron chi connectivity index (χ4n) is 2.05. The smallest absolute Gasteiger partial charge is 0.369 e. The second-order valence-corrected chi connectivity index (χ2v) is 5.27. The molecule has 0 aromatic heterocycles. The lowest BCUT2D eigenvalue weighted by atomic mass is 10.2. The quantitative estimate of drug-likeness (QED) is 0.611. The summed E-state index contributed by atoms with van der Waals surface area (Å²) in [5.41, 5.74) is 1.29. The van der Waals surface area contributed by atoms with Gasteiger partial charge in [-0.05, 0) is 23.8 Å². The molecule has 1 amide bonds. The molecular weight excluding hydrogens is 334 g/mol. The minimum Gasteiger partial charge on any atom is -0.457 e. The van der Waals surface area contributed by atoms with E-state index in [2.05, 4.69) is 5.32 Å². The van der Waals surface area contributed by atoms with E-state index >= 15 is 0 Å². The Morgan fingerprint density at radius 1 is 1.00 bits per heavy atom. The van der Waals surface area contributed by atoms with E-state index in [9.17, 15) is 14.4 Å². The molecule has 0 aliphatic carbocycles. The number of rotatable bonds is 7. The number of carbonyl (C=O) groups excluding carboxylic acids is 3. The van der Waals surface area contributed by atoms with Crippen molar-refractivity contribution >= 4 is 23.9 Å². The van der Waals surface area contributed by atoms with Gasteiger partial charge < -0.3 is 14.8 Å². The average molecular weight is 353 g/mol. The lowest BCUT2D eigenvalue weighted by molar-refractivity contribution is -0.167. The predicted octanol–water partition coefficient (Wildman–Crippen LogP) is 2.56. The molecule has 134 valence electrons. The molecule has 6 nitrogen and oxygen atoms in total. The normalized spacial score (nSPS) is 11.6. The number of hydrogen-bond acceptors (Lipinski definition) is 5. The molecule has 26 heavy (non-hydrogen) atoms. The van der Waals surface area contributed by atoms with Gasteiger partial charge in [-0.25, -0.2) is 4.79 Å². The molecule has 2 rings (SSSR count). The van der Waals surface area contributed by atoms with Gasteiger partial charge in [-0.3, -0.25) is 9.59 Å². The lowest BCUT2D eigenvalue weighted by Crippen LogP contribution is -2.44.